The summed E-state index contributed by atoms with van der Waals surface area (Å²) in [6.07, 6.45) is 1.70. The molecule has 0 aliphatic rings. The summed E-state index contributed by atoms with van der Waals surface area (Å²) in [5.74, 6) is 0.893. The van der Waals surface area contributed by atoms with E-state index in [2.05, 4.69) is 21.9 Å². The molecule has 0 atom stereocenters. The number of nitrogens with one attached hydrogen (secondary N) is 1. The fraction of sp³-hybridized carbons (Fsp3) is 0.200. The second kappa shape index (κ2) is 6.89. The van der Waals surface area contributed by atoms with Crippen molar-refractivity contribution in [3.05, 3.63) is 59.5 Å². The van der Waals surface area contributed by atoms with Gasteiger partial charge in [-0.05, 0) is 31.2 Å². The number of aromatic nitrogens is 2. The van der Waals surface area contributed by atoms with E-state index in [1.807, 2.05) is 0 Å². The molecular formula is C15H16ClN3O2S. The first-order chi connectivity index (χ1) is 10.4. The molecule has 2 rings (SSSR count). The fourth-order valence-electron chi connectivity index (χ4n) is 1.89. The highest BCUT2D eigenvalue weighted by atomic mass is 35.5. The molecule has 5 nitrogen and oxygen atoms in total. The van der Waals surface area contributed by atoms with Crippen molar-refractivity contribution in [3.63, 3.8) is 0 Å². The Morgan fingerprint density at radius 3 is 2.59 bits per heavy atom. The molecule has 7 heteroatoms. The van der Waals surface area contributed by atoms with Gasteiger partial charge in [0, 0.05) is 17.6 Å². The lowest BCUT2D eigenvalue weighted by Gasteiger charge is -2.08. The zero-order valence-corrected chi connectivity index (χ0v) is 13.7. The minimum absolute atomic E-state index is 0.194. The average Bonchev–Trinajstić information content (AvgIpc) is 2.44. The van der Waals surface area contributed by atoms with E-state index >= 15 is 0 Å². The number of halogens is 1. The number of anilines is 1. The Balaban J connectivity index is 2.27. The van der Waals surface area contributed by atoms with E-state index in [4.69, 9.17) is 11.6 Å². The van der Waals surface area contributed by atoms with Gasteiger partial charge in [-0.15, -0.1) is 6.58 Å². The van der Waals surface area contributed by atoms with Crippen molar-refractivity contribution in [3.8, 4) is 0 Å². The first kappa shape index (κ1) is 16.5. The van der Waals surface area contributed by atoms with Crippen LogP contribution in [0.3, 0.4) is 0 Å². The number of hydrogen-bond acceptors (Lipinski definition) is 5. The van der Waals surface area contributed by atoms with Gasteiger partial charge in [0.15, 0.2) is 9.84 Å². The molecule has 0 amide bonds. The molecule has 0 spiro atoms. The smallest absolute Gasteiger partial charge is 0.184 e. The third-order valence-electron chi connectivity index (χ3n) is 2.83. The molecule has 0 bridgehead atoms. The van der Waals surface area contributed by atoms with Crippen molar-refractivity contribution in [2.45, 2.75) is 17.6 Å². The summed E-state index contributed by atoms with van der Waals surface area (Å²) in [6, 6.07) is 7.71. The van der Waals surface area contributed by atoms with Gasteiger partial charge in [-0.25, -0.2) is 18.4 Å². The first-order valence-corrected chi connectivity index (χ1v) is 8.61. The van der Waals surface area contributed by atoms with E-state index in [1.165, 1.54) is 12.1 Å². The molecule has 0 aliphatic carbocycles. The van der Waals surface area contributed by atoms with Crippen molar-refractivity contribution in [1.82, 2.24) is 9.97 Å². The van der Waals surface area contributed by atoms with E-state index in [-0.39, 0.29) is 10.6 Å². The summed E-state index contributed by atoms with van der Waals surface area (Å²) in [7, 11) is -3.48. The summed E-state index contributed by atoms with van der Waals surface area (Å²) in [6.45, 7) is 5.88. The summed E-state index contributed by atoms with van der Waals surface area (Å²) >= 11 is 5.78. The van der Waals surface area contributed by atoms with E-state index in [0.29, 0.717) is 28.9 Å². The van der Waals surface area contributed by atoms with Gasteiger partial charge in [0.2, 0.25) is 0 Å². The maximum Gasteiger partial charge on any atom is 0.184 e. The predicted molar refractivity (Wildman–Crippen MR) is 87.8 cm³/mol. The summed E-state index contributed by atoms with van der Waals surface area (Å²) in [4.78, 5) is 8.61. The normalized spacial score (nSPS) is 11.2. The van der Waals surface area contributed by atoms with Crippen LogP contribution in [0.15, 0.2) is 47.9 Å². The van der Waals surface area contributed by atoms with Crippen molar-refractivity contribution in [2.75, 3.05) is 11.9 Å². The Morgan fingerprint density at radius 1 is 1.27 bits per heavy atom. The molecule has 2 aromatic rings. The molecule has 116 valence electrons. The number of benzene rings is 1. The average molecular weight is 338 g/mol. The molecule has 1 heterocycles. The van der Waals surface area contributed by atoms with Gasteiger partial charge >= 0.3 is 0 Å². The lowest BCUT2D eigenvalue weighted by atomic mass is 10.4. The molecule has 0 saturated carbocycles. The van der Waals surface area contributed by atoms with Gasteiger partial charge in [0.25, 0.3) is 0 Å². The topological polar surface area (TPSA) is 72.0 Å². The maximum absolute atomic E-state index is 12.4. The highest BCUT2D eigenvalue weighted by molar-refractivity contribution is 7.90. The molecule has 0 saturated heterocycles. The van der Waals surface area contributed by atoms with E-state index < -0.39 is 9.84 Å². The lowest BCUT2D eigenvalue weighted by Crippen LogP contribution is -2.09. The molecule has 22 heavy (non-hydrogen) atoms. The summed E-state index contributed by atoms with van der Waals surface area (Å²) < 4.78 is 24.8. The third-order valence-corrected chi connectivity index (χ3v) is 4.75. The van der Waals surface area contributed by atoms with Crippen LogP contribution in [0.5, 0.6) is 0 Å². The maximum atomic E-state index is 12.4. The van der Waals surface area contributed by atoms with Crippen molar-refractivity contribution in [2.24, 2.45) is 0 Å². The Bertz CT molecular complexity index is 774. The fourth-order valence-corrected chi connectivity index (χ4v) is 3.27. The zero-order valence-electron chi connectivity index (χ0n) is 12.1. The van der Waals surface area contributed by atoms with Crippen molar-refractivity contribution in [1.29, 1.82) is 0 Å². The van der Waals surface area contributed by atoms with Crippen LogP contribution >= 0.6 is 11.6 Å². The number of nitrogens with zero attached hydrogens (tertiary/aromatic N) is 2. The predicted octanol–water partition coefficient (Wildman–Crippen LogP) is 3.01. The van der Waals surface area contributed by atoms with Crippen LogP contribution in [0.2, 0.25) is 5.02 Å². The van der Waals surface area contributed by atoms with Crippen LogP contribution in [-0.4, -0.2) is 24.9 Å². The van der Waals surface area contributed by atoms with Gasteiger partial charge < -0.3 is 5.32 Å². The van der Waals surface area contributed by atoms with E-state index in [0.717, 1.165) is 0 Å². The van der Waals surface area contributed by atoms with Gasteiger partial charge in [0.1, 0.15) is 11.6 Å². The van der Waals surface area contributed by atoms with Crippen LogP contribution in [0, 0.1) is 6.92 Å². The molecule has 1 aromatic carbocycles. The lowest BCUT2D eigenvalue weighted by molar-refractivity contribution is 0.594. The Morgan fingerprint density at radius 2 is 1.95 bits per heavy atom. The third kappa shape index (κ3) is 4.29. The molecule has 0 radical (unpaired) electrons. The Labute approximate surface area is 135 Å². The summed E-state index contributed by atoms with van der Waals surface area (Å²) in [5.41, 5.74) is 0.439. The van der Waals surface area contributed by atoms with Crippen LogP contribution in [0.25, 0.3) is 0 Å². The Kier molecular flexibility index (Phi) is 5.15. The second-order valence-electron chi connectivity index (χ2n) is 4.67. The quantitative estimate of drug-likeness (QED) is 0.820. The van der Waals surface area contributed by atoms with Crippen LogP contribution in [-0.2, 0) is 15.6 Å². The standard InChI is InChI=1S/C15H16ClN3O2S/c1-3-8-17-15-9-13(18-11(2)19-15)10-22(20,21)14-6-4-12(16)5-7-14/h3-7,9H,1,8,10H2,2H3,(H,17,18,19). The summed E-state index contributed by atoms with van der Waals surface area (Å²) in [5, 5.41) is 3.52. The highest BCUT2D eigenvalue weighted by Crippen LogP contribution is 2.19. The molecule has 0 unspecified atom stereocenters. The Hall–Kier alpha value is -1.92. The minimum atomic E-state index is -3.48. The van der Waals surface area contributed by atoms with Crippen molar-refractivity contribution < 1.29 is 8.42 Å². The number of sulfone groups is 1. The number of hydrogen-bond donors (Lipinski definition) is 1. The monoisotopic (exact) mass is 337 g/mol. The van der Waals surface area contributed by atoms with E-state index in [1.54, 1.807) is 31.2 Å². The number of rotatable bonds is 6. The molecule has 1 N–H and O–H groups in total. The van der Waals surface area contributed by atoms with Crippen LogP contribution in [0.4, 0.5) is 5.82 Å². The minimum Gasteiger partial charge on any atom is -0.366 e. The van der Waals surface area contributed by atoms with Gasteiger partial charge in [-0.2, -0.15) is 0 Å². The van der Waals surface area contributed by atoms with Gasteiger partial charge in [0.05, 0.1) is 16.3 Å². The first-order valence-electron chi connectivity index (χ1n) is 6.58. The van der Waals surface area contributed by atoms with Crippen LogP contribution < -0.4 is 5.32 Å². The van der Waals surface area contributed by atoms with E-state index in [9.17, 15) is 8.42 Å². The molecule has 0 fully saturated rings. The SMILES string of the molecule is C=CCNc1cc(CS(=O)(=O)c2ccc(Cl)cc2)nc(C)n1. The molecule has 0 aliphatic heterocycles. The van der Waals surface area contributed by atoms with Gasteiger partial charge in [-0.3, -0.25) is 0 Å². The second-order valence-corrected chi connectivity index (χ2v) is 7.10. The van der Waals surface area contributed by atoms with Crippen LogP contribution in [0.1, 0.15) is 11.5 Å². The molecular weight excluding hydrogens is 322 g/mol. The molecule has 1 aromatic heterocycles. The van der Waals surface area contributed by atoms with Gasteiger partial charge in [-0.1, -0.05) is 17.7 Å². The van der Waals surface area contributed by atoms with Crippen molar-refractivity contribution >= 4 is 27.3 Å². The number of aryl methyl sites for hydroxylation is 1. The largest absolute Gasteiger partial charge is 0.366 e. The highest BCUT2D eigenvalue weighted by Gasteiger charge is 2.17. The zero-order chi connectivity index (χ0) is 16.2.